The number of nitrogens with two attached hydrogens (primary N) is 1. The summed E-state index contributed by atoms with van der Waals surface area (Å²) in [5, 5.41) is 2.97. The van der Waals surface area contributed by atoms with E-state index in [1.54, 1.807) is 0 Å². The molecule has 0 atom stereocenters. The highest BCUT2D eigenvalue weighted by Gasteiger charge is 2.04. The second-order valence-corrected chi connectivity index (χ2v) is 4.39. The van der Waals surface area contributed by atoms with Crippen molar-refractivity contribution in [2.75, 3.05) is 26.4 Å². The number of hydrogen-bond donors (Lipinski definition) is 2. The maximum Gasteiger partial charge on any atom is 0.188 e. The van der Waals surface area contributed by atoms with Gasteiger partial charge in [-0.2, -0.15) is 0 Å². The van der Waals surface area contributed by atoms with Gasteiger partial charge in [0.2, 0.25) is 0 Å². The minimum Gasteiger partial charge on any atom is -0.491 e. The molecule has 1 aromatic rings. The molecular formula is C15H25N3O2. The Morgan fingerprint density at radius 1 is 1.30 bits per heavy atom. The van der Waals surface area contributed by atoms with Crippen LogP contribution in [0.2, 0.25) is 0 Å². The molecule has 0 aliphatic carbocycles. The molecular weight excluding hydrogens is 254 g/mol. The summed E-state index contributed by atoms with van der Waals surface area (Å²) >= 11 is 0. The number of benzene rings is 1. The fraction of sp³-hybridized carbons (Fsp3) is 0.533. The molecule has 0 saturated heterocycles. The molecule has 0 aliphatic heterocycles. The Hall–Kier alpha value is -1.75. The van der Waals surface area contributed by atoms with Gasteiger partial charge in [0.15, 0.2) is 5.96 Å². The van der Waals surface area contributed by atoms with E-state index in [0.29, 0.717) is 32.3 Å². The zero-order chi connectivity index (χ0) is 14.8. The van der Waals surface area contributed by atoms with Crippen LogP contribution < -0.4 is 15.8 Å². The van der Waals surface area contributed by atoms with Gasteiger partial charge in [0, 0.05) is 18.7 Å². The molecule has 1 aromatic carbocycles. The van der Waals surface area contributed by atoms with Gasteiger partial charge in [0.25, 0.3) is 0 Å². The van der Waals surface area contributed by atoms with Crippen molar-refractivity contribution in [2.45, 2.75) is 27.3 Å². The number of nitrogens with zero attached hydrogens (tertiary/aromatic N) is 1. The molecule has 5 nitrogen and oxygen atoms in total. The predicted octanol–water partition coefficient (Wildman–Crippen LogP) is 1.83. The maximum atomic E-state index is 5.76. The van der Waals surface area contributed by atoms with E-state index >= 15 is 0 Å². The van der Waals surface area contributed by atoms with Crippen molar-refractivity contribution in [2.24, 2.45) is 10.7 Å². The van der Waals surface area contributed by atoms with E-state index in [0.717, 1.165) is 23.4 Å². The third-order valence-corrected chi connectivity index (χ3v) is 2.69. The average Bonchev–Trinajstić information content (AvgIpc) is 2.43. The molecule has 0 spiro atoms. The lowest BCUT2D eigenvalue weighted by atomic mass is 10.1. The van der Waals surface area contributed by atoms with Gasteiger partial charge in [-0.05, 0) is 32.4 Å². The van der Waals surface area contributed by atoms with Crippen LogP contribution in [0, 0.1) is 6.92 Å². The van der Waals surface area contributed by atoms with Gasteiger partial charge in [0.05, 0.1) is 13.2 Å². The van der Waals surface area contributed by atoms with Crippen LogP contribution in [0.3, 0.4) is 0 Å². The number of hydrogen-bond acceptors (Lipinski definition) is 3. The number of ether oxygens (including phenoxy) is 2. The molecule has 0 aliphatic rings. The number of rotatable bonds is 8. The van der Waals surface area contributed by atoms with Crippen molar-refractivity contribution in [3.05, 3.63) is 29.3 Å². The second kappa shape index (κ2) is 9.20. The molecule has 0 unspecified atom stereocenters. The Morgan fingerprint density at radius 3 is 2.80 bits per heavy atom. The molecule has 5 heteroatoms. The van der Waals surface area contributed by atoms with Gasteiger partial charge in [-0.25, -0.2) is 4.99 Å². The maximum absolute atomic E-state index is 5.76. The Balaban J connectivity index is 2.66. The average molecular weight is 279 g/mol. The summed E-state index contributed by atoms with van der Waals surface area (Å²) in [6, 6.07) is 6.08. The minimum absolute atomic E-state index is 0.452. The third kappa shape index (κ3) is 5.93. The lowest BCUT2D eigenvalue weighted by molar-refractivity contribution is 0.110. The highest BCUT2D eigenvalue weighted by molar-refractivity contribution is 5.77. The largest absolute Gasteiger partial charge is 0.491 e. The molecule has 112 valence electrons. The van der Waals surface area contributed by atoms with Crippen LogP contribution in [0.25, 0.3) is 0 Å². The molecule has 0 heterocycles. The lowest BCUT2D eigenvalue weighted by Gasteiger charge is -2.11. The van der Waals surface area contributed by atoms with Crippen molar-refractivity contribution < 1.29 is 9.47 Å². The van der Waals surface area contributed by atoms with Crippen LogP contribution in [-0.2, 0) is 11.3 Å². The molecule has 3 N–H and O–H groups in total. The molecule has 1 rings (SSSR count). The van der Waals surface area contributed by atoms with Gasteiger partial charge in [-0.15, -0.1) is 0 Å². The van der Waals surface area contributed by atoms with E-state index in [4.69, 9.17) is 15.2 Å². The second-order valence-electron chi connectivity index (χ2n) is 4.39. The highest BCUT2D eigenvalue weighted by atomic mass is 16.5. The van der Waals surface area contributed by atoms with Crippen LogP contribution in [0.15, 0.2) is 23.2 Å². The first-order valence-corrected chi connectivity index (χ1v) is 7.01. The monoisotopic (exact) mass is 279 g/mol. The van der Waals surface area contributed by atoms with Gasteiger partial charge in [-0.1, -0.05) is 12.1 Å². The lowest BCUT2D eigenvalue weighted by Crippen LogP contribution is -2.31. The predicted molar refractivity (Wildman–Crippen MR) is 82.2 cm³/mol. The van der Waals surface area contributed by atoms with E-state index < -0.39 is 0 Å². The summed E-state index contributed by atoms with van der Waals surface area (Å²) in [4.78, 5) is 4.29. The van der Waals surface area contributed by atoms with Crippen molar-refractivity contribution in [3.8, 4) is 5.75 Å². The first-order valence-electron chi connectivity index (χ1n) is 7.01. The van der Waals surface area contributed by atoms with Crippen molar-refractivity contribution in [3.63, 3.8) is 0 Å². The van der Waals surface area contributed by atoms with E-state index in [9.17, 15) is 0 Å². The van der Waals surface area contributed by atoms with E-state index in [2.05, 4.69) is 10.3 Å². The topological polar surface area (TPSA) is 68.9 Å². The molecule has 0 bridgehead atoms. The smallest absolute Gasteiger partial charge is 0.188 e. The van der Waals surface area contributed by atoms with Gasteiger partial charge < -0.3 is 20.5 Å². The zero-order valence-electron chi connectivity index (χ0n) is 12.6. The summed E-state index contributed by atoms with van der Waals surface area (Å²) in [6.07, 6.45) is 0. The summed E-state index contributed by atoms with van der Waals surface area (Å²) in [7, 11) is 0. The number of aliphatic imine (C=N–C) groups is 1. The van der Waals surface area contributed by atoms with Crippen molar-refractivity contribution in [1.82, 2.24) is 5.32 Å². The Labute approximate surface area is 121 Å². The fourth-order valence-electron chi connectivity index (χ4n) is 1.69. The standard InChI is InChI=1S/C15H25N3O2/c1-4-17-15(16)18-11-13-7-6-12(3)10-14(13)20-9-8-19-5-2/h6-7,10H,4-5,8-9,11H2,1-3H3,(H3,16,17,18). The fourth-order valence-corrected chi connectivity index (χ4v) is 1.69. The normalized spacial score (nSPS) is 11.4. The van der Waals surface area contributed by atoms with Crippen LogP contribution >= 0.6 is 0 Å². The van der Waals surface area contributed by atoms with E-state index in [1.807, 2.05) is 39.0 Å². The Bertz CT molecular complexity index is 433. The molecule has 0 fully saturated rings. The summed E-state index contributed by atoms with van der Waals surface area (Å²) < 4.78 is 11.0. The summed E-state index contributed by atoms with van der Waals surface area (Å²) in [6.45, 7) is 9.09. The number of guanidine groups is 1. The van der Waals surface area contributed by atoms with Crippen molar-refractivity contribution >= 4 is 5.96 Å². The van der Waals surface area contributed by atoms with E-state index in [1.165, 1.54) is 0 Å². The molecule has 0 radical (unpaired) electrons. The third-order valence-electron chi connectivity index (χ3n) is 2.69. The van der Waals surface area contributed by atoms with Gasteiger partial charge in [0.1, 0.15) is 12.4 Å². The summed E-state index contributed by atoms with van der Waals surface area (Å²) in [5.74, 6) is 1.30. The van der Waals surface area contributed by atoms with Crippen LogP contribution in [-0.4, -0.2) is 32.3 Å². The Kier molecular flexibility index (Phi) is 7.50. The number of nitrogens with one attached hydrogen (secondary N) is 1. The van der Waals surface area contributed by atoms with Crippen LogP contribution in [0.5, 0.6) is 5.75 Å². The molecule has 0 aromatic heterocycles. The first kappa shape index (κ1) is 16.3. The van der Waals surface area contributed by atoms with Crippen LogP contribution in [0.4, 0.5) is 0 Å². The minimum atomic E-state index is 0.452. The SMILES string of the molecule is CCNC(N)=NCc1ccc(C)cc1OCCOCC. The summed E-state index contributed by atoms with van der Waals surface area (Å²) in [5.41, 5.74) is 7.91. The molecule has 0 saturated carbocycles. The quantitative estimate of drug-likeness (QED) is 0.433. The Morgan fingerprint density at radius 2 is 2.10 bits per heavy atom. The molecule has 20 heavy (non-hydrogen) atoms. The highest BCUT2D eigenvalue weighted by Crippen LogP contribution is 2.21. The van der Waals surface area contributed by atoms with Crippen molar-refractivity contribution in [1.29, 1.82) is 0 Å². The van der Waals surface area contributed by atoms with Gasteiger partial charge in [-0.3, -0.25) is 0 Å². The zero-order valence-corrected chi connectivity index (χ0v) is 12.6. The molecule has 0 amide bonds. The van der Waals surface area contributed by atoms with E-state index in [-0.39, 0.29) is 0 Å². The van der Waals surface area contributed by atoms with Crippen LogP contribution in [0.1, 0.15) is 25.0 Å². The number of aryl methyl sites for hydroxylation is 1. The van der Waals surface area contributed by atoms with Gasteiger partial charge >= 0.3 is 0 Å². The first-order chi connectivity index (χ1) is 9.67.